The first-order chi connectivity index (χ1) is 9.13. The smallest absolute Gasteiger partial charge is 0.126 e. The van der Waals surface area contributed by atoms with E-state index >= 15 is 0 Å². The third-order valence-corrected chi connectivity index (χ3v) is 2.87. The Hall–Kier alpha value is -1.94. The van der Waals surface area contributed by atoms with Crippen LogP contribution in [-0.2, 0) is 6.54 Å². The SMILES string of the molecule is CCOc1ccc(-c2cc(CN)nc(C)n2)cc1C. The van der Waals surface area contributed by atoms with E-state index in [0.29, 0.717) is 13.2 Å². The molecule has 0 unspecified atom stereocenters. The molecule has 2 rings (SSSR count). The molecule has 0 fully saturated rings. The highest BCUT2D eigenvalue weighted by Crippen LogP contribution is 2.25. The van der Waals surface area contributed by atoms with Gasteiger partial charge in [-0.25, -0.2) is 9.97 Å². The van der Waals surface area contributed by atoms with Crippen molar-refractivity contribution in [1.29, 1.82) is 0 Å². The zero-order chi connectivity index (χ0) is 13.8. The lowest BCUT2D eigenvalue weighted by atomic mass is 10.1. The zero-order valence-electron chi connectivity index (χ0n) is 11.6. The van der Waals surface area contributed by atoms with Crippen molar-refractivity contribution in [2.24, 2.45) is 5.73 Å². The van der Waals surface area contributed by atoms with Gasteiger partial charge in [0.05, 0.1) is 18.0 Å². The van der Waals surface area contributed by atoms with Crippen LogP contribution in [0, 0.1) is 13.8 Å². The molecule has 0 saturated heterocycles. The third kappa shape index (κ3) is 3.09. The van der Waals surface area contributed by atoms with Crippen LogP contribution in [-0.4, -0.2) is 16.6 Å². The maximum atomic E-state index is 5.65. The van der Waals surface area contributed by atoms with Crippen molar-refractivity contribution >= 4 is 0 Å². The fourth-order valence-electron chi connectivity index (χ4n) is 2.01. The second-order valence-electron chi connectivity index (χ2n) is 4.41. The van der Waals surface area contributed by atoms with Gasteiger partial charge in [-0.05, 0) is 50.6 Å². The Kier molecular flexibility index (Phi) is 4.12. The van der Waals surface area contributed by atoms with Crippen LogP contribution < -0.4 is 10.5 Å². The summed E-state index contributed by atoms with van der Waals surface area (Å²) in [5.74, 6) is 1.65. The fraction of sp³-hybridized carbons (Fsp3) is 0.333. The molecule has 0 aliphatic rings. The first kappa shape index (κ1) is 13.5. The van der Waals surface area contributed by atoms with E-state index in [0.717, 1.165) is 34.1 Å². The topological polar surface area (TPSA) is 61.0 Å². The lowest BCUT2D eigenvalue weighted by Crippen LogP contribution is -2.03. The Bertz CT molecular complexity index is 582. The third-order valence-electron chi connectivity index (χ3n) is 2.87. The molecule has 0 bridgehead atoms. The predicted molar refractivity (Wildman–Crippen MR) is 76.0 cm³/mol. The standard InChI is InChI=1S/C15H19N3O/c1-4-19-15-6-5-12(7-10(15)2)14-8-13(9-16)17-11(3)18-14/h5-8H,4,9,16H2,1-3H3. The van der Waals surface area contributed by atoms with Gasteiger partial charge in [-0.2, -0.15) is 0 Å². The summed E-state index contributed by atoms with van der Waals surface area (Å²) in [6, 6.07) is 8.00. The average Bonchev–Trinajstić information content (AvgIpc) is 2.40. The molecule has 4 nitrogen and oxygen atoms in total. The van der Waals surface area contributed by atoms with Gasteiger partial charge in [0.15, 0.2) is 0 Å². The van der Waals surface area contributed by atoms with E-state index in [-0.39, 0.29) is 0 Å². The van der Waals surface area contributed by atoms with Crippen LogP contribution in [0.4, 0.5) is 0 Å². The van der Waals surface area contributed by atoms with Gasteiger partial charge in [-0.15, -0.1) is 0 Å². The minimum absolute atomic E-state index is 0.423. The number of ether oxygens (including phenoxy) is 1. The van der Waals surface area contributed by atoms with Crippen molar-refractivity contribution in [2.45, 2.75) is 27.3 Å². The minimum atomic E-state index is 0.423. The predicted octanol–water partition coefficient (Wildman–Crippen LogP) is 2.62. The number of nitrogens with two attached hydrogens (primary N) is 1. The van der Waals surface area contributed by atoms with Crippen LogP contribution in [0.15, 0.2) is 24.3 Å². The fourth-order valence-corrected chi connectivity index (χ4v) is 2.01. The second-order valence-corrected chi connectivity index (χ2v) is 4.41. The largest absolute Gasteiger partial charge is 0.494 e. The van der Waals surface area contributed by atoms with Crippen LogP contribution in [0.1, 0.15) is 24.0 Å². The van der Waals surface area contributed by atoms with Crippen LogP contribution in [0.2, 0.25) is 0 Å². The summed E-state index contributed by atoms with van der Waals surface area (Å²) in [5, 5.41) is 0. The molecule has 0 saturated carbocycles. The van der Waals surface area contributed by atoms with Crippen molar-refractivity contribution in [1.82, 2.24) is 9.97 Å². The molecule has 2 N–H and O–H groups in total. The summed E-state index contributed by atoms with van der Waals surface area (Å²) in [5.41, 5.74) is 9.56. The van der Waals surface area contributed by atoms with E-state index < -0.39 is 0 Å². The summed E-state index contributed by atoms with van der Waals surface area (Å²) in [6.45, 7) is 6.99. The Labute approximate surface area is 113 Å². The maximum Gasteiger partial charge on any atom is 0.126 e. The lowest BCUT2D eigenvalue weighted by molar-refractivity contribution is 0.338. The van der Waals surface area contributed by atoms with Gasteiger partial charge >= 0.3 is 0 Å². The Morgan fingerprint density at radius 2 is 1.95 bits per heavy atom. The number of nitrogens with zero attached hydrogens (tertiary/aromatic N) is 2. The normalized spacial score (nSPS) is 10.5. The molecule has 0 amide bonds. The Balaban J connectivity index is 2.41. The molecule has 1 heterocycles. The molecule has 0 spiro atoms. The summed E-state index contributed by atoms with van der Waals surface area (Å²) in [6.07, 6.45) is 0. The van der Waals surface area contributed by atoms with Gasteiger partial charge in [0.25, 0.3) is 0 Å². The summed E-state index contributed by atoms with van der Waals surface area (Å²) >= 11 is 0. The number of aromatic nitrogens is 2. The lowest BCUT2D eigenvalue weighted by Gasteiger charge is -2.10. The van der Waals surface area contributed by atoms with Gasteiger partial charge in [0.1, 0.15) is 11.6 Å². The van der Waals surface area contributed by atoms with Gasteiger partial charge in [-0.1, -0.05) is 0 Å². The highest BCUT2D eigenvalue weighted by molar-refractivity contribution is 5.62. The molecule has 100 valence electrons. The molecular weight excluding hydrogens is 238 g/mol. The number of rotatable bonds is 4. The van der Waals surface area contributed by atoms with Crippen molar-refractivity contribution in [3.05, 3.63) is 41.3 Å². The quantitative estimate of drug-likeness (QED) is 0.914. The van der Waals surface area contributed by atoms with Crippen molar-refractivity contribution < 1.29 is 4.74 Å². The Morgan fingerprint density at radius 3 is 2.58 bits per heavy atom. The van der Waals surface area contributed by atoms with E-state index in [1.807, 2.05) is 39.0 Å². The number of hydrogen-bond acceptors (Lipinski definition) is 4. The summed E-state index contributed by atoms with van der Waals surface area (Å²) < 4.78 is 5.54. The van der Waals surface area contributed by atoms with Gasteiger partial charge in [0.2, 0.25) is 0 Å². The van der Waals surface area contributed by atoms with Crippen molar-refractivity contribution in [2.75, 3.05) is 6.61 Å². The van der Waals surface area contributed by atoms with E-state index in [9.17, 15) is 0 Å². The minimum Gasteiger partial charge on any atom is -0.494 e. The highest BCUT2D eigenvalue weighted by atomic mass is 16.5. The van der Waals surface area contributed by atoms with Crippen molar-refractivity contribution in [3.8, 4) is 17.0 Å². The molecule has 0 radical (unpaired) electrons. The summed E-state index contributed by atoms with van der Waals surface area (Å²) in [4.78, 5) is 8.75. The molecule has 1 aromatic heterocycles. The van der Waals surface area contributed by atoms with Crippen LogP contribution in [0.5, 0.6) is 5.75 Å². The van der Waals surface area contributed by atoms with E-state index in [4.69, 9.17) is 10.5 Å². The monoisotopic (exact) mass is 257 g/mol. The van der Waals surface area contributed by atoms with E-state index in [1.165, 1.54) is 0 Å². The molecule has 2 aromatic rings. The van der Waals surface area contributed by atoms with Crippen LogP contribution in [0.3, 0.4) is 0 Å². The van der Waals surface area contributed by atoms with E-state index in [2.05, 4.69) is 16.0 Å². The molecular formula is C15H19N3O. The molecule has 0 atom stereocenters. The van der Waals surface area contributed by atoms with E-state index in [1.54, 1.807) is 0 Å². The number of aryl methyl sites for hydroxylation is 2. The van der Waals surface area contributed by atoms with Crippen LogP contribution in [0.25, 0.3) is 11.3 Å². The average molecular weight is 257 g/mol. The Morgan fingerprint density at radius 1 is 1.16 bits per heavy atom. The second kappa shape index (κ2) is 5.80. The highest BCUT2D eigenvalue weighted by Gasteiger charge is 2.06. The van der Waals surface area contributed by atoms with Crippen molar-refractivity contribution in [3.63, 3.8) is 0 Å². The summed E-state index contributed by atoms with van der Waals surface area (Å²) in [7, 11) is 0. The molecule has 4 heteroatoms. The van der Waals surface area contributed by atoms with Gasteiger partial charge in [-0.3, -0.25) is 0 Å². The van der Waals surface area contributed by atoms with Gasteiger partial charge < -0.3 is 10.5 Å². The molecule has 0 aliphatic carbocycles. The first-order valence-corrected chi connectivity index (χ1v) is 6.42. The first-order valence-electron chi connectivity index (χ1n) is 6.42. The maximum absolute atomic E-state index is 5.65. The van der Waals surface area contributed by atoms with Crippen LogP contribution >= 0.6 is 0 Å². The number of hydrogen-bond donors (Lipinski definition) is 1. The molecule has 1 aromatic carbocycles. The molecule has 19 heavy (non-hydrogen) atoms. The molecule has 0 aliphatic heterocycles. The number of benzene rings is 1. The van der Waals surface area contributed by atoms with Gasteiger partial charge in [0, 0.05) is 12.1 Å². The zero-order valence-corrected chi connectivity index (χ0v) is 11.6.